The van der Waals surface area contributed by atoms with Gasteiger partial charge in [-0.15, -0.1) is 0 Å². The third-order valence-electron chi connectivity index (χ3n) is 7.06. The third kappa shape index (κ3) is 2.70. The molecule has 0 aromatic carbocycles. The van der Waals surface area contributed by atoms with Crippen LogP contribution >= 0.6 is 0 Å². The molecule has 0 amide bonds. The smallest absolute Gasteiger partial charge is 0.311 e. The first-order valence-electron chi connectivity index (χ1n) is 9.56. The van der Waals surface area contributed by atoms with Gasteiger partial charge in [0.15, 0.2) is 0 Å². The predicted molar refractivity (Wildman–Crippen MR) is 86.4 cm³/mol. The van der Waals surface area contributed by atoms with Gasteiger partial charge in [0.2, 0.25) is 0 Å². The van der Waals surface area contributed by atoms with E-state index in [9.17, 15) is 4.79 Å². The molecule has 4 atom stereocenters. The summed E-state index contributed by atoms with van der Waals surface area (Å²) in [4.78, 5) is 15.4. The number of piperidine rings is 1. The first kappa shape index (κ1) is 15.0. The Labute approximate surface area is 134 Å². The Kier molecular flexibility index (Phi) is 3.96. The topological polar surface area (TPSA) is 29.5 Å². The maximum atomic E-state index is 12.9. The molecule has 4 unspecified atom stereocenters. The number of carbonyl (C=O) groups is 1. The van der Waals surface area contributed by atoms with E-state index in [0.717, 1.165) is 30.7 Å². The zero-order valence-corrected chi connectivity index (χ0v) is 14.2. The van der Waals surface area contributed by atoms with Crippen molar-refractivity contribution in [3.05, 3.63) is 0 Å². The standard InChI is InChI=1S/C19H31NO2/c1-12-3-5-13(6-4-12)16-11-14-7-10-17(20(14)2)18(16)19(21)22-15-8-9-15/h12-18H,3-11H2,1-2H3. The molecule has 3 nitrogen and oxygen atoms in total. The van der Waals surface area contributed by atoms with E-state index < -0.39 is 0 Å². The molecule has 2 heterocycles. The molecule has 2 saturated heterocycles. The molecule has 0 aromatic heterocycles. The lowest BCUT2D eigenvalue weighted by atomic mass is 9.67. The average molecular weight is 305 g/mol. The van der Waals surface area contributed by atoms with Crippen LogP contribution in [0.25, 0.3) is 0 Å². The van der Waals surface area contributed by atoms with E-state index in [1.165, 1.54) is 44.9 Å². The molecule has 2 saturated carbocycles. The Bertz CT molecular complexity index is 425. The minimum atomic E-state index is 0.142. The number of esters is 1. The Balaban J connectivity index is 1.52. The summed E-state index contributed by atoms with van der Waals surface area (Å²) < 4.78 is 5.78. The lowest BCUT2D eigenvalue weighted by molar-refractivity contribution is -0.158. The van der Waals surface area contributed by atoms with Crippen molar-refractivity contribution in [3.63, 3.8) is 0 Å². The van der Waals surface area contributed by atoms with Crippen LogP contribution < -0.4 is 0 Å². The van der Waals surface area contributed by atoms with E-state index in [0.29, 0.717) is 12.0 Å². The summed E-state index contributed by atoms with van der Waals surface area (Å²) in [6.07, 6.45) is 11.5. The summed E-state index contributed by atoms with van der Waals surface area (Å²) in [6, 6.07) is 1.17. The summed E-state index contributed by atoms with van der Waals surface area (Å²) in [7, 11) is 2.24. The number of hydrogen-bond acceptors (Lipinski definition) is 3. The van der Waals surface area contributed by atoms with Gasteiger partial charge in [0.05, 0.1) is 5.92 Å². The fourth-order valence-electron chi connectivity index (χ4n) is 5.46. The Hall–Kier alpha value is -0.570. The Morgan fingerprint density at radius 2 is 1.73 bits per heavy atom. The van der Waals surface area contributed by atoms with Crippen LogP contribution in [-0.4, -0.2) is 36.1 Å². The molecule has 2 aliphatic heterocycles. The Morgan fingerprint density at radius 1 is 1.00 bits per heavy atom. The highest BCUT2D eigenvalue weighted by molar-refractivity contribution is 5.74. The van der Waals surface area contributed by atoms with Gasteiger partial charge >= 0.3 is 5.97 Å². The Morgan fingerprint density at radius 3 is 2.41 bits per heavy atom. The molecule has 4 aliphatic rings. The first-order valence-corrected chi connectivity index (χ1v) is 9.56. The summed E-state index contributed by atoms with van der Waals surface area (Å²) in [6.45, 7) is 2.38. The second kappa shape index (κ2) is 5.81. The maximum Gasteiger partial charge on any atom is 0.311 e. The molecule has 22 heavy (non-hydrogen) atoms. The van der Waals surface area contributed by atoms with Crippen molar-refractivity contribution in [1.82, 2.24) is 4.90 Å². The quantitative estimate of drug-likeness (QED) is 0.746. The SMILES string of the molecule is CC1CCC(C2CC3CCC(C2C(=O)OC2CC2)N3C)CC1. The highest BCUT2D eigenvalue weighted by atomic mass is 16.5. The molecule has 2 bridgehead atoms. The van der Waals surface area contributed by atoms with Crippen molar-refractivity contribution in [3.8, 4) is 0 Å². The zero-order chi connectivity index (χ0) is 15.3. The summed E-state index contributed by atoms with van der Waals surface area (Å²) >= 11 is 0. The fourth-order valence-corrected chi connectivity index (χ4v) is 5.46. The highest BCUT2D eigenvalue weighted by Gasteiger charge is 2.52. The molecule has 4 fully saturated rings. The lowest BCUT2D eigenvalue weighted by Crippen LogP contribution is -2.52. The van der Waals surface area contributed by atoms with Crippen LogP contribution in [0.3, 0.4) is 0 Å². The van der Waals surface area contributed by atoms with Crippen molar-refractivity contribution < 1.29 is 9.53 Å². The molecule has 0 aromatic rings. The number of fused-ring (bicyclic) bond motifs is 2. The molecular formula is C19H31NO2. The van der Waals surface area contributed by atoms with Gasteiger partial charge < -0.3 is 4.74 Å². The highest BCUT2D eigenvalue weighted by Crippen LogP contribution is 2.49. The van der Waals surface area contributed by atoms with Gasteiger partial charge in [0.1, 0.15) is 6.10 Å². The van der Waals surface area contributed by atoms with Crippen molar-refractivity contribution >= 4 is 5.97 Å². The first-order chi connectivity index (χ1) is 10.6. The number of rotatable bonds is 3. The van der Waals surface area contributed by atoms with Crippen molar-refractivity contribution in [2.24, 2.45) is 23.7 Å². The van der Waals surface area contributed by atoms with Crippen LogP contribution in [-0.2, 0) is 9.53 Å². The second-order valence-electron chi connectivity index (χ2n) is 8.55. The molecule has 124 valence electrons. The average Bonchev–Trinajstić information content (AvgIpc) is 3.27. The van der Waals surface area contributed by atoms with E-state index in [-0.39, 0.29) is 18.0 Å². The van der Waals surface area contributed by atoms with E-state index >= 15 is 0 Å². The summed E-state index contributed by atoms with van der Waals surface area (Å²) in [5, 5.41) is 0. The second-order valence-corrected chi connectivity index (χ2v) is 8.55. The fraction of sp³-hybridized carbons (Fsp3) is 0.947. The molecule has 0 spiro atoms. The van der Waals surface area contributed by atoms with Gasteiger partial charge in [-0.05, 0) is 69.7 Å². The number of hydrogen-bond donors (Lipinski definition) is 0. The summed E-state index contributed by atoms with van der Waals surface area (Å²) in [5.74, 6) is 2.54. The van der Waals surface area contributed by atoms with Crippen LogP contribution in [0.1, 0.15) is 64.7 Å². The van der Waals surface area contributed by atoms with Gasteiger partial charge in [-0.3, -0.25) is 9.69 Å². The van der Waals surface area contributed by atoms with Crippen LogP contribution in [0.5, 0.6) is 0 Å². The maximum absolute atomic E-state index is 12.9. The number of nitrogens with zero attached hydrogens (tertiary/aromatic N) is 1. The van der Waals surface area contributed by atoms with Crippen LogP contribution in [0, 0.1) is 23.7 Å². The zero-order valence-electron chi connectivity index (χ0n) is 14.2. The lowest BCUT2D eigenvalue weighted by Gasteiger charge is -2.46. The molecule has 4 rings (SSSR count). The molecule has 3 heteroatoms. The minimum Gasteiger partial charge on any atom is -0.462 e. The van der Waals surface area contributed by atoms with E-state index in [4.69, 9.17) is 4.74 Å². The van der Waals surface area contributed by atoms with Gasteiger partial charge in [-0.1, -0.05) is 19.8 Å². The molecule has 2 aliphatic carbocycles. The number of ether oxygens (including phenoxy) is 1. The van der Waals surface area contributed by atoms with Crippen molar-refractivity contribution in [2.75, 3.05) is 7.05 Å². The molecular weight excluding hydrogens is 274 g/mol. The van der Waals surface area contributed by atoms with Crippen molar-refractivity contribution in [1.29, 1.82) is 0 Å². The van der Waals surface area contributed by atoms with Gasteiger partial charge in [-0.2, -0.15) is 0 Å². The normalized spacial score (nSPS) is 45.7. The minimum absolute atomic E-state index is 0.142. The summed E-state index contributed by atoms with van der Waals surface area (Å²) in [5.41, 5.74) is 0. The predicted octanol–water partition coefficient (Wildman–Crippen LogP) is 3.62. The van der Waals surface area contributed by atoms with Gasteiger partial charge in [0, 0.05) is 12.1 Å². The van der Waals surface area contributed by atoms with Gasteiger partial charge in [0.25, 0.3) is 0 Å². The van der Waals surface area contributed by atoms with Crippen LogP contribution in [0.4, 0.5) is 0 Å². The van der Waals surface area contributed by atoms with E-state index in [2.05, 4.69) is 18.9 Å². The van der Waals surface area contributed by atoms with Crippen LogP contribution in [0.15, 0.2) is 0 Å². The van der Waals surface area contributed by atoms with Gasteiger partial charge in [-0.25, -0.2) is 0 Å². The van der Waals surface area contributed by atoms with E-state index in [1.54, 1.807) is 0 Å². The van der Waals surface area contributed by atoms with Crippen LogP contribution in [0.2, 0.25) is 0 Å². The molecule has 0 radical (unpaired) electrons. The van der Waals surface area contributed by atoms with E-state index in [1.807, 2.05) is 0 Å². The monoisotopic (exact) mass is 305 g/mol. The largest absolute Gasteiger partial charge is 0.462 e. The number of carbonyl (C=O) groups excluding carboxylic acids is 1. The molecule has 0 N–H and O–H groups in total. The van der Waals surface area contributed by atoms with Crippen molar-refractivity contribution in [2.45, 2.75) is 82.9 Å². The third-order valence-corrected chi connectivity index (χ3v) is 7.06.